The van der Waals surface area contributed by atoms with Gasteiger partial charge in [0.15, 0.2) is 11.5 Å². The van der Waals surface area contributed by atoms with Crippen molar-refractivity contribution in [1.82, 2.24) is 0 Å². The summed E-state index contributed by atoms with van der Waals surface area (Å²) >= 11 is 9.51. The van der Waals surface area contributed by atoms with E-state index in [-0.39, 0.29) is 5.57 Å². The second-order valence-corrected chi connectivity index (χ2v) is 6.81. The molecule has 0 radical (unpaired) electrons. The average molecular weight is 450 g/mol. The van der Waals surface area contributed by atoms with E-state index in [1.54, 1.807) is 30.3 Å². The fourth-order valence-corrected chi connectivity index (χ4v) is 2.88. The zero-order valence-electron chi connectivity index (χ0n) is 15.1. The Morgan fingerprint density at radius 2 is 2.07 bits per heavy atom. The summed E-state index contributed by atoms with van der Waals surface area (Å²) in [5.41, 5.74) is 1.97. The van der Waals surface area contributed by atoms with Gasteiger partial charge in [-0.25, -0.2) is 0 Å². The van der Waals surface area contributed by atoms with Crippen molar-refractivity contribution in [3.05, 3.63) is 56.5 Å². The van der Waals surface area contributed by atoms with Crippen LogP contribution in [-0.2, 0) is 4.79 Å². The second kappa shape index (κ2) is 9.45. The SMILES string of the molecule is CCOc1cc(Br)c(/C=C(/C#N)C(=O)Nc2ccc(C)c(Cl)c2)cc1OC. The van der Waals surface area contributed by atoms with Crippen molar-refractivity contribution in [2.45, 2.75) is 13.8 Å². The summed E-state index contributed by atoms with van der Waals surface area (Å²) < 4.78 is 11.5. The first kappa shape index (κ1) is 20.8. The van der Waals surface area contributed by atoms with Crippen LogP contribution in [0.1, 0.15) is 18.1 Å². The van der Waals surface area contributed by atoms with Gasteiger partial charge in [0.05, 0.1) is 13.7 Å². The molecule has 2 aromatic rings. The summed E-state index contributed by atoms with van der Waals surface area (Å²) in [5, 5.41) is 12.6. The van der Waals surface area contributed by atoms with Crippen molar-refractivity contribution in [2.24, 2.45) is 0 Å². The lowest BCUT2D eigenvalue weighted by Crippen LogP contribution is -2.13. The molecule has 0 atom stereocenters. The highest BCUT2D eigenvalue weighted by Crippen LogP contribution is 2.34. The molecule has 0 saturated heterocycles. The lowest BCUT2D eigenvalue weighted by Gasteiger charge is -2.12. The molecule has 0 unspecified atom stereocenters. The van der Waals surface area contributed by atoms with Crippen molar-refractivity contribution in [3.8, 4) is 17.6 Å². The third-order valence-corrected chi connectivity index (χ3v) is 4.77. The lowest BCUT2D eigenvalue weighted by molar-refractivity contribution is -0.112. The van der Waals surface area contributed by atoms with Crippen molar-refractivity contribution < 1.29 is 14.3 Å². The fourth-order valence-electron chi connectivity index (χ4n) is 2.26. The first-order chi connectivity index (χ1) is 12.9. The number of hydrogen-bond donors (Lipinski definition) is 1. The van der Waals surface area contributed by atoms with Crippen LogP contribution in [0.2, 0.25) is 5.02 Å². The minimum atomic E-state index is -0.530. The number of ether oxygens (including phenoxy) is 2. The number of amides is 1. The molecule has 0 saturated carbocycles. The Morgan fingerprint density at radius 1 is 1.33 bits per heavy atom. The van der Waals surface area contributed by atoms with Gasteiger partial charge < -0.3 is 14.8 Å². The molecule has 5 nitrogen and oxygen atoms in total. The second-order valence-electron chi connectivity index (χ2n) is 5.55. The van der Waals surface area contributed by atoms with Crippen LogP contribution < -0.4 is 14.8 Å². The van der Waals surface area contributed by atoms with Gasteiger partial charge in [0, 0.05) is 15.2 Å². The van der Waals surface area contributed by atoms with Gasteiger partial charge in [-0.1, -0.05) is 33.6 Å². The third kappa shape index (κ3) is 5.25. The quantitative estimate of drug-likeness (QED) is 0.476. The number of hydrogen-bond acceptors (Lipinski definition) is 4. The van der Waals surface area contributed by atoms with Crippen LogP contribution in [0, 0.1) is 18.3 Å². The molecule has 27 heavy (non-hydrogen) atoms. The highest BCUT2D eigenvalue weighted by atomic mass is 79.9. The number of methoxy groups -OCH3 is 1. The number of aryl methyl sites for hydroxylation is 1. The number of nitrogens with one attached hydrogen (secondary N) is 1. The van der Waals surface area contributed by atoms with Gasteiger partial charge in [0.25, 0.3) is 5.91 Å². The molecular weight excluding hydrogens is 432 g/mol. The average Bonchev–Trinajstić information content (AvgIpc) is 2.64. The van der Waals surface area contributed by atoms with Crippen LogP contribution in [0.3, 0.4) is 0 Å². The monoisotopic (exact) mass is 448 g/mol. The van der Waals surface area contributed by atoms with Gasteiger partial charge in [0.2, 0.25) is 0 Å². The molecule has 0 fully saturated rings. The van der Waals surface area contributed by atoms with Crippen LogP contribution in [-0.4, -0.2) is 19.6 Å². The molecule has 2 rings (SSSR count). The van der Waals surface area contributed by atoms with Crippen LogP contribution in [0.25, 0.3) is 6.08 Å². The summed E-state index contributed by atoms with van der Waals surface area (Å²) in [6, 6.07) is 10.5. The lowest BCUT2D eigenvalue weighted by atomic mass is 10.1. The molecule has 0 heterocycles. The van der Waals surface area contributed by atoms with E-state index in [9.17, 15) is 10.1 Å². The Morgan fingerprint density at radius 3 is 2.67 bits per heavy atom. The van der Waals surface area contributed by atoms with E-state index in [2.05, 4.69) is 21.2 Å². The Kier molecular flexibility index (Phi) is 7.28. The fraction of sp³-hybridized carbons (Fsp3) is 0.200. The van der Waals surface area contributed by atoms with Gasteiger partial charge in [-0.2, -0.15) is 5.26 Å². The van der Waals surface area contributed by atoms with Crippen molar-refractivity contribution in [3.63, 3.8) is 0 Å². The Hall–Kier alpha value is -2.49. The number of nitrogens with zero attached hydrogens (tertiary/aromatic N) is 1. The topological polar surface area (TPSA) is 71.3 Å². The van der Waals surface area contributed by atoms with E-state index >= 15 is 0 Å². The van der Waals surface area contributed by atoms with E-state index in [4.69, 9.17) is 21.1 Å². The van der Waals surface area contributed by atoms with E-state index < -0.39 is 5.91 Å². The summed E-state index contributed by atoms with van der Waals surface area (Å²) in [6.45, 7) is 4.23. The van der Waals surface area contributed by atoms with E-state index in [0.717, 1.165) is 5.56 Å². The minimum absolute atomic E-state index is 0.0568. The summed E-state index contributed by atoms with van der Waals surface area (Å²) in [5.74, 6) is 0.549. The standard InChI is InChI=1S/C20H18BrClN2O3/c1-4-27-19-10-16(21)13(8-18(19)26-3)7-14(11-23)20(25)24-15-6-5-12(2)17(22)9-15/h5-10H,4H2,1-3H3,(H,24,25)/b14-7-. The largest absolute Gasteiger partial charge is 0.493 e. The van der Waals surface area contributed by atoms with E-state index in [1.807, 2.05) is 19.9 Å². The molecular formula is C20H18BrClN2O3. The molecule has 2 aromatic carbocycles. The van der Waals surface area contributed by atoms with Crippen molar-refractivity contribution in [1.29, 1.82) is 5.26 Å². The van der Waals surface area contributed by atoms with Crippen LogP contribution in [0.15, 0.2) is 40.4 Å². The Balaban J connectivity index is 2.33. The number of carbonyl (C=O) groups is 1. The number of nitriles is 1. The van der Waals surface area contributed by atoms with Crippen LogP contribution >= 0.6 is 27.5 Å². The number of halogens is 2. The van der Waals surface area contributed by atoms with Gasteiger partial charge in [-0.15, -0.1) is 0 Å². The maximum Gasteiger partial charge on any atom is 0.266 e. The van der Waals surface area contributed by atoms with E-state index in [1.165, 1.54) is 13.2 Å². The molecule has 7 heteroatoms. The van der Waals surface area contributed by atoms with Crippen LogP contribution in [0.4, 0.5) is 5.69 Å². The van der Waals surface area contributed by atoms with Crippen molar-refractivity contribution in [2.75, 3.05) is 19.0 Å². The zero-order chi connectivity index (χ0) is 20.0. The molecule has 140 valence electrons. The van der Waals surface area contributed by atoms with E-state index in [0.29, 0.717) is 38.9 Å². The predicted octanol–water partition coefficient (Wildman–Crippen LogP) is 5.36. The Labute approximate surface area is 171 Å². The molecule has 0 aliphatic rings. The first-order valence-electron chi connectivity index (χ1n) is 8.09. The van der Waals surface area contributed by atoms with Gasteiger partial charge >= 0.3 is 0 Å². The van der Waals surface area contributed by atoms with Gasteiger partial charge in [-0.3, -0.25) is 4.79 Å². The maximum absolute atomic E-state index is 12.5. The van der Waals surface area contributed by atoms with Crippen molar-refractivity contribution >= 4 is 45.2 Å². The predicted molar refractivity (Wildman–Crippen MR) is 110 cm³/mol. The first-order valence-corrected chi connectivity index (χ1v) is 9.26. The normalized spacial score (nSPS) is 10.9. The third-order valence-electron chi connectivity index (χ3n) is 3.68. The van der Waals surface area contributed by atoms with Gasteiger partial charge in [-0.05, 0) is 55.3 Å². The summed E-state index contributed by atoms with van der Waals surface area (Å²) in [6.07, 6.45) is 1.48. The Bertz CT molecular complexity index is 936. The summed E-state index contributed by atoms with van der Waals surface area (Å²) in [7, 11) is 1.53. The molecule has 0 aromatic heterocycles. The van der Waals surface area contributed by atoms with Gasteiger partial charge in [0.1, 0.15) is 11.6 Å². The number of carbonyl (C=O) groups excluding carboxylic acids is 1. The number of anilines is 1. The highest BCUT2D eigenvalue weighted by Gasteiger charge is 2.14. The molecule has 0 aliphatic heterocycles. The highest BCUT2D eigenvalue weighted by molar-refractivity contribution is 9.10. The summed E-state index contributed by atoms with van der Waals surface area (Å²) in [4.78, 5) is 12.5. The minimum Gasteiger partial charge on any atom is -0.493 e. The molecule has 0 aliphatic carbocycles. The maximum atomic E-state index is 12.5. The smallest absolute Gasteiger partial charge is 0.266 e. The molecule has 0 spiro atoms. The zero-order valence-corrected chi connectivity index (χ0v) is 17.4. The molecule has 1 N–H and O–H groups in total. The van der Waals surface area contributed by atoms with Crippen LogP contribution in [0.5, 0.6) is 11.5 Å². The molecule has 0 bridgehead atoms. The molecule has 1 amide bonds. The number of benzene rings is 2. The number of rotatable bonds is 6.